The molecule has 34 heavy (non-hydrogen) atoms. The van der Waals surface area contributed by atoms with Crippen LogP contribution in [-0.2, 0) is 16.0 Å². The molecule has 12 nitrogen and oxygen atoms in total. The summed E-state index contributed by atoms with van der Waals surface area (Å²) >= 11 is 3.96. The highest BCUT2D eigenvalue weighted by atomic mass is 79.9. The summed E-state index contributed by atoms with van der Waals surface area (Å²) in [6.07, 6.45) is 1.41. The highest BCUT2D eigenvalue weighted by Gasteiger charge is 2.28. The first kappa shape index (κ1) is 25.1. The van der Waals surface area contributed by atoms with Gasteiger partial charge in [-0.3, -0.25) is 4.79 Å². The van der Waals surface area contributed by atoms with Crippen LogP contribution < -0.4 is 5.32 Å². The van der Waals surface area contributed by atoms with Gasteiger partial charge < -0.3 is 29.3 Å². The summed E-state index contributed by atoms with van der Waals surface area (Å²) in [5.74, 6) is -2.07. The van der Waals surface area contributed by atoms with Crippen LogP contribution in [0.3, 0.4) is 0 Å². The van der Waals surface area contributed by atoms with Crippen LogP contribution in [0.5, 0.6) is 0 Å². The van der Waals surface area contributed by atoms with Crippen molar-refractivity contribution in [2.24, 2.45) is 0 Å². The van der Waals surface area contributed by atoms with Gasteiger partial charge in [-0.25, -0.2) is 9.59 Å². The zero-order valence-corrected chi connectivity index (χ0v) is 20.6. The second kappa shape index (κ2) is 10.6. The predicted molar refractivity (Wildman–Crippen MR) is 123 cm³/mol. The minimum Gasteiger partial charge on any atom is -0.462 e. The monoisotopic (exact) mass is 554 g/mol. The van der Waals surface area contributed by atoms with Crippen molar-refractivity contribution in [2.45, 2.75) is 27.3 Å². The molecule has 0 aliphatic heterocycles. The third kappa shape index (κ3) is 5.34. The molecule has 3 heterocycles. The fourth-order valence-electron chi connectivity index (χ4n) is 2.94. The third-order valence-electron chi connectivity index (χ3n) is 4.39. The molecule has 0 fully saturated rings. The van der Waals surface area contributed by atoms with E-state index in [1.165, 1.54) is 23.0 Å². The second-order valence-electron chi connectivity index (χ2n) is 6.68. The molecule has 0 saturated carbocycles. The SMILES string of the molecule is CCOC(=O)c1sc(NC(=O)c2ccc(Cn3cc(Br)c([N+](=O)[O-])n3)o2)c(C(=O)OCC)c1C. The highest BCUT2D eigenvalue weighted by molar-refractivity contribution is 9.10. The molecule has 3 aromatic rings. The fraction of sp³-hybridized carbons (Fsp3) is 0.300. The number of hydrogen-bond acceptors (Lipinski definition) is 10. The zero-order valence-electron chi connectivity index (χ0n) is 18.2. The number of carbonyl (C=O) groups is 3. The Morgan fingerprint density at radius 2 is 1.91 bits per heavy atom. The molecular formula is C20H19BrN4O8S. The third-order valence-corrected chi connectivity index (χ3v) is 6.14. The zero-order chi connectivity index (χ0) is 25.0. The molecule has 0 spiro atoms. The van der Waals surface area contributed by atoms with Crippen LogP contribution in [0.15, 0.2) is 27.2 Å². The van der Waals surface area contributed by atoms with Gasteiger partial charge in [-0.05, 0) is 59.3 Å². The van der Waals surface area contributed by atoms with Gasteiger partial charge in [0.1, 0.15) is 26.7 Å². The van der Waals surface area contributed by atoms with E-state index in [4.69, 9.17) is 13.9 Å². The Hall–Kier alpha value is -3.52. The lowest BCUT2D eigenvalue weighted by Crippen LogP contribution is -2.14. The van der Waals surface area contributed by atoms with E-state index in [0.29, 0.717) is 11.3 Å². The van der Waals surface area contributed by atoms with Gasteiger partial charge in [0.25, 0.3) is 5.91 Å². The van der Waals surface area contributed by atoms with Crippen molar-refractivity contribution in [1.82, 2.24) is 9.78 Å². The average Bonchev–Trinajstić information content (AvgIpc) is 3.46. The summed E-state index contributed by atoms with van der Waals surface area (Å²) in [5.41, 5.74) is 0.395. The second-order valence-corrected chi connectivity index (χ2v) is 8.55. The number of nitrogens with zero attached hydrogens (tertiary/aromatic N) is 3. The number of esters is 2. The Balaban J connectivity index is 1.82. The molecule has 1 amide bonds. The van der Waals surface area contributed by atoms with Crippen molar-refractivity contribution >= 4 is 55.9 Å². The molecule has 0 aliphatic rings. The first-order chi connectivity index (χ1) is 16.2. The number of nitrogens with one attached hydrogen (secondary N) is 1. The maximum absolute atomic E-state index is 12.8. The van der Waals surface area contributed by atoms with Crippen LogP contribution in [-0.4, -0.2) is 45.8 Å². The van der Waals surface area contributed by atoms with Crippen molar-refractivity contribution in [3.63, 3.8) is 0 Å². The Labute approximate surface area is 205 Å². The van der Waals surface area contributed by atoms with E-state index in [2.05, 4.69) is 26.3 Å². The molecule has 14 heteroatoms. The molecule has 0 radical (unpaired) electrons. The summed E-state index contributed by atoms with van der Waals surface area (Å²) in [7, 11) is 0. The maximum Gasteiger partial charge on any atom is 0.404 e. The molecule has 0 saturated heterocycles. The topological polar surface area (TPSA) is 156 Å². The number of nitro groups is 1. The molecule has 3 aromatic heterocycles. The Kier molecular flexibility index (Phi) is 7.83. The number of hydrogen-bond donors (Lipinski definition) is 1. The van der Waals surface area contributed by atoms with E-state index in [1.807, 2.05) is 0 Å². The van der Waals surface area contributed by atoms with E-state index in [0.717, 1.165) is 11.3 Å². The quantitative estimate of drug-likeness (QED) is 0.233. The standard InChI is InChI=1S/C20H19BrN4O8S/c1-4-31-19(27)14-10(3)15(20(28)32-5-2)34-18(14)22-17(26)13-7-6-11(33-13)8-24-9-12(21)16(23-24)25(29)30/h6-7,9H,4-5,8H2,1-3H3,(H,22,26). The number of aromatic nitrogens is 2. The number of ether oxygens (including phenoxy) is 2. The van der Waals surface area contributed by atoms with E-state index >= 15 is 0 Å². The van der Waals surface area contributed by atoms with E-state index < -0.39 is 22.8 Å². The van der Waals surface area contributed by atoms with Crippen LogP contribution >= 0.6 is 27.3 Å². The molecule has 1 N–H and O–H groups in total. The molecule has 3 rings (SSSR count). The van der Waals surface area contributed by atoms with Crippen molar-refractivity contribution < 1.29 is 33.2 Å². The Morgan fingerprint density at radius 1 is 1.24 bits per heavy atom. The van der Waals surface area contributed by atoms with Crippen molar-refractivity contribution in [2.75, 3.05) is 18.5 Å². The van der Waals surface area contributed by atoms with Crippen LogP contribution in [0.4, 0.5) is 10.8 Å². The average molecular weight is 555 g/mol. The number of amides is 1. The molecule has 0 bridgehead atoms. The number of furan rings is 1. The number of anilines is 1. The van der Waals surface area contributed by atoms with Crippen molar-refractivity contribution in [1.29, 1.82) is 0 Å². The van der Waals surface area contributed by atoms with Crippen LogP contribution in [0.25, 0.3) is 0 Å². The lowest BCUT2D eigenvalue weighted by atomic mass is 10.1. The molecule has 0 aromatic carbocycles. The number of thiophene rings is 1. The van der Waals surface area contributed by atoms with Gasteiger partial charge >= 0.3 is 17.8 Å². The van der Waals surface area contributed by atoms with Crippen molar-refractivity contribution in [3.8, 4) is 0 Å². The normalized spacial score (nSPS) is 10.7. The van der Waals surface area contributed by atoms with Gasteiger partial charge in [-0.1, -0.05) is 0 Å². The van der Waals surface area contributed by atoms with Gasteiger partial charge in [-0.15, -0.1) is 11.3 Å². The largest absolute Gasteiger partial charge is 0.462 e. The minimum absolute atomic E-state index is 0.0406. The van der Waals surface area contributed by atoms with E-state index in [9.17, 15) is 24.5 Å². The highest BCUT2D eigenvalue weighted by Crippen LogP contribution is 2.35. The predicted octanol–water partition coefficient (Wildman–Crippen LogP) is 4.17. The van der Waals surface area contributed by atoms with Gasteiger partial charge in [0.2, 0.25) is 0 Å². The van der Waals surface area contributed by atoms with Crippen LogP contribution in [0.1, 0.15) is 55.8 Å². The molecule has 0 unspecified atom stereocenters. The summed E-state index contributed by atoms with van der Waals surface area (Å²) in [4.78, 5) is 48.0. The van der Waals surface area contributed by atoms with Crippen LogP contribution in [0, 0.1) is 17.0 Å². The summed E-state index contributed by atoms with van der Waals surface area (Å²) in [5, 5.41) is 17.5. The summed E-state index contributed by atoms with van der Waals surface area (Å²) in [6.45, 7) is 5.17. The molecule has 0 aliphatic carbocycles. The number of halogens is 1. The van der Waals surface area contributed by atoms with Gasteiger partial charge in [-0.2, -0.15) is 4.68 Å². The fourth-order valence-corrected chi connectivity index (χ4v) is 4.49. The molecule has 180 valence electrons. The van der Waals surface area contributed by atoms with Crippen molar-refractivity contribution in [3.05, 3.63) is 60.4 Å². The van der Waals surface area contributed by atoms with Gasteiger partial charge in [0, 0.05) is 0 Å². The lowest BCUT2D eigenvalue weighted by Gasteiger charge is -2.06. The van der Waals surface area contributed by atoms with E-state index in [-0.39, 0.29) is 51.3 Å². The number of rotatable bonds is 9. The number of carbonyl (C=O) groups excluding carboxylic acids is 3. The minimum atomic E-state index is -0.687. The van der Waals surface area contributed by atoms with Gasteiger partial charge in [0.05, 0.1) is 30.1 Å². The van der Waals surface area contributed by atoms with Gasteiger partial charge in [0.15, 0.2) is 5.76 Å². The maximum atomic E-state index is 12.8. The Morgan fingerprint density at radius 3 is 2.53 bits per heavy atom. The first-order valence-corrected chi connectivity index (χ1v) is 11.5. The first-order valence-electron chi connectivity index (χ1n) is 9.91. The lowest BCUT2D eigenvalue weighted by molar-refractivity contribution is -0.390. The van der Waals surface area contributed by atoms with Crippen LogP contribution in [0.2, 0.25) is 0 Å². The smallest absolute Gasteiger partial charge is 0.404 e. The summed E-state index contributed by atoms with van der Waals surface area (Å²) < 4.78 is 17.1. The molecule has 0 atom stereocenters. The summed E-state index contributed by atoms with van der Waals surface area (Å²) in [6, 6.07) is 2.93. The Bertz CT molecular complexity index is 1260. The molecular weight excluding hydrogens is 536 g/mol. The van der Waals surface area contributed by atoms with E-state index in [1.54, 1.807) is 20.8 Å².